The smallest absolute Gasteiger partial charge is 0.374 e. The molecule has 0 spiro atoms. The fourth-order valence-electron chi connectivity index (χ4n) is 1.62. The molecule has 0 aliphatic heterocycles. The zero-order valence-electron chi connectivity index (χ0n) is 12.1. The lowest BCUT2D eigenvalue weighted by Gasteiger charge is -2.15. The zero-order valence-corrected chi connectivity index (χ0v) is 12.1. The molecule has 5 heteroatoms. The van der Waals surface area contributed by atoms with Crippen LogP contribution < -0.4 is 5.43 Å². The molecule has 0 aliphatic carbocycles. The molecule has 110 valence electrons. The van der Waals surface area contributed by atoms with Gasteiger partial charge in [-0.15, -0.1) is 0 Å². The average Bonchev–Trinajstić information content (AvgIpc) is 2.43. The Morgan fingerprint density at radius 2 is 1.86 bits per heavy atom. The minimum absolute atomic E-state index is 0.208. The van der Waals surface area contributed by atoms with Crippen molar-refractivity contribution in [2.45, 2.75) is 20.8 Å². The molecule has 0 atom stereocenters. The molecule has 0 N–H and O–H groups in total. The number of rotatable bonds is 3. The Morgan fingerprint density at radius 1 is 1.19 bits per heavy atom. The summed E-state index contributed by atoms with van der Waals surface area (Å²) in [6.45, 7) is 4.86. The molecule has 0 saturated carbocycles. The summed E-state index contributed by atoms with van der Waals surface area (Å²) in [7, 11) is 0. The molecule has 0 amide bonds. The summed E-state index contributed by atoms with van der Waals surface area (Å²) >= 11 is 0. The van der Waals surface area contributed by atoms with E-state index < -0.39 is 11.4 Å². The van der Waals surface area contributed by atoms with Crippen LogP contribution >= 0.6 is 0 Å². The van der Waals surface area contributed by atoms with E-state index in [2.05, 4.69) is 0 Å². The van der Waals surface area contributed by atoms with Gasteiger partial charge in [0, 0.05) is 11.5 Å². The van der Waals surface area contributed by atoms with Crippen molar-refractivity contribution in [2.24, 2.45) is 5.41 Å². The van der Waals surface area contributed by atoms with Gasteiger partial charge in [-0.1, -0.05) is 32.9 Å². The molecule has 0 bridgehead atoms. The van der Waals surface area contributed by atoms with Crippen LogP contribution in [0, 0.1) is 5.41 Å². The van der Waals surface area contributed by atoms with Gasteiger partial charge in [-0.05, 0) is 12.1 Å². The van der Waals surface area contributed by atoms with Crippen molar-refractivity contribution < 1.29 is 18.7 Å². The Bertz CT molecular complexity index is 749. The molecule has 0 radical (unpaired) electrons. The monoisotopic (exact) mass is 288 g/mol. The van der Waals surface area contributed by atoms with E-state index >= 15 is 0 Å². The number of hydrogen-bond donors (Lipinski definition) is 0. The van der Waals surface area contributed by atoms with E-state index in [0.717, 1.165) is 6.07 Å². The third-order valence-electron chi connectivity index (χ3n) is 3.01. The molecule has 1 aromatic heterocycles. The maximum absolute atomic E-state index is 11.9. The molecule has 5 nitrogen and oxygen atoms in total. The van der Waals surface area contributed by atoms with Gasteiger partial charge in [-0.3, -0.25) is 9.59 Å². The second-order valence-electron chi connectivity index (χ2n) is 5.72. The van der Waals surface area contributed by atoms with Crippen molar-refractivity contribution in [3.63, 3.8) is 0 Å². The molecule has 21 heavy (non-hydrogen) atoms. The van der Waals surface area contributed by atoms with E-state index in [0.29, 0.717) is 11.0 Å². The van der Waals surface area contributed by atoms with Crippen molar-refractivity contribution in [1.29, 1.82) is 0 Å². The van der Waals surface area contributed by atoms with Gasteiger partial charge in [0.25, 0.3) is 0 Å². The van der Waals surface area contributed by atoms with Gasteiger partial charge in [-0.25, -0.2) is 4.79 Å². The Kier molecular flexibility index (Phi) is 3.93. The summed E-state index contributed by atoms with van der Waals surface area (Å²) in [6, 6.07) is 7.68. The second-order valence-corrected chi connectivity index (χ2v) is 5.72. The van der Waals surface area contributed by atoms with Gasteiger partial charge in [0.05, 0.1) is 5.39 Å². The standard InChI is InChI=1S/C16H16O5/c1-16(2,3)14(18)9-20-15(19)13-8-11(17)10-6-4-5-7-12(10)21-13/h4-8H,9H2,1-3H3. The van der Waals surface area contributed by atoms with Crippen LogP contribution in [0.5, 0.6) is 0 Å². The highest BCUT2D eigenvalue weighted by Gasteiger charge is 2.23. The quantitative estimate of drug-likeness (QED) is 0.811. The topological polar surface area (TPSA) is 73.6 Å². The average molecular weight is 288 g/mol. The van der Waals surface area contributed by atoms with E-state index in [4.69, 9.17) is 9.15 Å². The van der Waals surface area contributed by atoms with Gasteiger partial charge in [0.1, 0.15) is 5.58 Å². The van der Waals surface area contributed by atoms with Gasteiger partial charge in [0.15, 0.2) is 17.8 Å². The largest absolute Gasteiger partial charge is 0.452 e. The Hall–Kier alpha value is -2.43. The zero-order chi connectivity index (χ0) is 15.6. The first-order valence-electron chi connectivity index (χ1n) is 6.52. The lowest BCUT2D eigenvalue weighted by molar-refractivity contribution is -0.129. The molecule has 0 saturated heterocycles. The fraction of sp³-hybridized carbons (Fsp3) is 0.312. The lowest BCUT2D eigenvalue weighted by atomic mass is 9.91. The summed E-state index contributed by atoms with van der Waals surface area (Å²) in [4.78, 5) is 35.4. The molecule has 0 unspecified atom stereocenters. The normalized spacial score (nSPS) is 11.4. The molecular weight excluding hydrogens is 272 g/mol. The van der Waals surface area contributed by atoms with E-state index in [9.17, 15) is 14.4 Å². The number of ketones is 1. The predicted octanol–water partition coefficient (Wildman–Crippen LogP) is 2.57. The van der Waals surface area contributed by atoms with Crippen LogP contribution in [0.1, 0.15) is 31.3 Å². The summed E-state index contributed by atoms with van der Waals surface area (Å²) in [5, 5.41) is 0.389. The minimum Gasteiger partial charge on any atom is -0.452 e. The maximum atomic E-state index is 11.9. The Morgan fingerprint density at radius 3 is 2.52 bits per heavy atom. The third kappa shape index (κ3) is 3.37. The Balaban J connectivity index is 2.21. The number of fused-ring (bicyclic) bond motifs is 1. The van der Waals surface area contributed by atoms with Crippen LogP contribution in [0.15, 0.2) is 39.5 Å². The molecule has 0 fully saturated rings. The van der Waals surface area contributed by atoms with Gasteiger partial charge >= 0.3 is 5.97 Å². The fourth-order valence-corrected chi connectivity index (χ4v) is 1.62. The highest BCUT2D eigenvalue weighted by atomic mass is 16.5. The molecule has 1 heterocycles. The molecule has 0 aliphatic rings. The molecule has 2 rings (SSSR count). The predicted molar refractivity (Wildman–Crippen MR) is 77.2 cm³/mol. The number of benzene rings is 1. The minimum atomic E-state index is -0.824. The van der Waals surface area contributed by atoms with Crippen molar-refractivity contribution in [2.75, 3.05) is 6.61 Å². The number of carbonyl (C=O) groups is 2. The van der Waals surface area contributed by atoms with Crippen LogP contribution in [-0.2, 0) is 9.53 Å². The first kappa shape index (κ1) is 15.0. The van der Waals surface area contributed by atoms with Crippen LogP contribution in [0.25, 0.3) is 11.0 Å². The number of Topliss-reactive ketones (excluding diaryl/α,β-unsaturated/α-hetero) is 1. The molecule has 1 aromatic carbocycles. The number of esters is 1. The molecule has 2 aromatic rings. The first-order chi connectivity index (χ1) is 9.79. The number of hydrogen-bond acceptors (Lipinski definition) is 5. The van der Waals surface area contributed by atoms with E-state index in [1.165, 1.54) is 0 Å². The van der Waals surface area contributed by atoms with Crippen molar-refractivity contribution in [3.8, 4) is 0 Å². The van der Waals surface area contributed by atoms with E-state index in [-0.39, 0.29) is 23.6 Å². The first-order valence-corrected chi connectivity index (χ1v) is 6.52. The van der Waals surface area contributed by atoms with E-state index in [1.54, 1.807) is 45.0 Å². The second kappa shape index (κ2) is 5.52. The summed E-state index contributed by atoms with van der Waals surface area (Å²) in [6.07, 6.45) is 0. The summed E-state index contributed by atoms with van der Waals surface area (Å²) in [5.41, 5.74) is -0.616. The van der Waals surface area contributed by atoms with Gasteiger partial charge < -0.3 is 9.15 Å². The van der Waals surface area contributed by atoms with Gasteiger partial charge in [0.2, 0.25) is 5.76 Å². The van der Waals surface area contributed by atoms with E-state index in [1.807, 2.05) is 0 Å². The maximum Gasteiger partial charge on any atom is 0.374 e. The third-order valence-corrected chi connectivity index (χ3v) is 3.01. The number of ether oxygens (including phenoxy) is 1. The highest BCUT2D eigenvalue weighted by molar-refractivity contribution is 5.92. The van der Waals surface area contributed by atoms with Crippen molar-refractivity contribution >= 4 is 22.7 Å². The molecular formula is C16H16O5. The number of para-hydroxylation sites is 1. The SMILES string of the molecule is CC(C)(C)C(=O)COC(=O)c1cc(=O)c2ccccc2o1. The Labute approximate surface area is 121 Å². The lowest BCUT2D eigenvalue weighted by Crippen LogP contribution is -2.26. The van der Waals surface area contributed by atoms with Crippen LogP contribution in [0.4, 0.5) is 0 Å². The van der Waals surface area contributed by atoms with Gasteiger partial charge in [-0.2, -0.15) is 0 Å². The van der Waals surface area contributed by atoms with Crippen LogP contribution in [0.2, 0.25) is 0 Å². The van der Waals surface area contributed by atoms with Crippen molar-refractivity contribution in [1.82, 2.24) is 0 Å². The van der Waals surface area contributed by atoms with Crippen molar-refractivity contribution in [3.05, 3.63) is 46.3 Å². The van der Waals surface area contributed by atoms with Crippen LogP contribution in [-0.4, -0.2) is 18.4 Å². The van der Waals surface area contributed by atoms with Crippen LogP contribution in [0.3, 0.4) is 0 Å². The summed E-state index contributed by atoms with van der Waals surface area (Å²) in [5.74, 6) is -1.24. The summed E-state index contributed by atoms with van der Waals surface area (Å²) < 4.78 is 10.2. The number of carbonyl (C=O) groups excluding carboxylic acids is 2. The highest BCUT2D eigenvalue weighted by Crippen LogP contribution is 2.16.